The molecule has 9 heteroatoms. The van der Waals surface area contributed by atoms with E-state index in [4.69, 9.17) is 5.73 Å². The lowest BCUT2D eigenvalue weighted by molar-refractivity contribution is 0.0692. The Bertz CT molecular complexity index is 723. The van der Waals surface area contributed by atoms with E-state index < -0.39 is 10.2 Å². The Morgan fingerprint density at radius 3 is 2.08 bits per heavy atom. The Morgan fingerprint density at radius 1 is 0.960 bits per heavy atom. The van der Waals surface area contributed by atoms with Gasteiger partial charge in [-0.25, -0.2) is 0 Å². The van der Waals surface area contributed by atoms with Crippen molar-refractivity contribution >= 4 is 21.8 Å². The van der Waals surface area contributed by atoms with Crippen LogP contribution in [-0.2, 0) is 10.2 Å². The van der Waals surface area contributed by atoms with Crippen molar-refractivity contribution in [2.75, 3.05) is 65.1 Å². The highest BCUT2D eigenvalue weighted by Gasteiger charge is 2.34. The molecule has 0 aliphatic carbocycles. The van der Waals surface area contributed by atoms with Crippen LogP contribution in [0.25, 0.3) is 0 Å². The van der Waals surface area contributed by atoms with Crippen LogP contribution in [0.5, 0.6) is 0 Å². The number of carbonyl (C=O) groups is 1. The van der Waals surface area contributed by atoms with E-state index in [1.54, 1.807) is 33.5 Å². The van der Waals surface area contributed by atoms with Gasteiger partial charge in [0.1, 0.15) is 0 Å². The summed E-state index contributed by atoms with van der Waals surface area (Å²) in [4.78, 5) is 16.3. The van der Waals surface area contributed by atoms with Gasteiger partial charge in [0, 0.05) is 63.6 Å². The largest absolute Gasteiger partial charge is 0.399 e. The van der Waals surface area contributed by atoms with Gasteiger partial charge in [0.2, 0.25) is 0 Å². The number of piperazine rings is 2. The number of hydrogen-bond acceptors (Lipinski definition) is 5. The van der Waals surface area contributed by atoms with Gasteiger partial charge in [0.25, 0.3) is 16.1 Å². The maximum atomic E-state index is 12.8. The number of benzene rings is 1. The monoisotopic (exact) mass is 367 g/mol. The molecule has 3 rings (SSSR count). The van der Waals surface area contributed by atoms with Crippen molar-refractivity contribution in [3.63, 3.8) is 0 Å². The van der Waals surface area contributed by atoms with Crippen LogP contribution >= 0.6 is 0 Å². The zero-order valence-corrected chi connectivity index (χ0v) is 15.3. The zero-order valence-electron chi connectivity index (χ0n) is 14.5. The number of nitrogen functional groups attached to an aromatic ring is 1. The summed E-state index contributed by atoms with van der Waals surface area (Å²) in [5.74, 6) is -0.107. The van der Waals surface area contributed by atoms with Crippen LogP contribution in [0.1, 0.15) is 10.4 Å². The summed E-state index contributed by atoms with van der Waals surface area (Å²) >= 11 is 0. The number of nitrogens with zero attached hydrogens (tertiary/aromatic N) is 4. The number of hydrogen-bond donors (Lipinski definition) is 1. The first-order chi connectivity index (χ1) is 11.9. The molecule has 2 aliphatic rings. The molecule has 2 saturated heterocycles. The van der Waals surface area contributed by atoms with Crippen molar-refractivity contribution < 1.29 is 13.2 Å². The van der Waals surface area contributed by atoms with Gasteiger partial charge in [-0.1, -0.05) is 6.07 Å². The summed E-state index contributed by atoms with van der Waals surface area (Å²) in [6, 6.07) is 6.86. The average molecular weight is 367 g/mol. The highest BCUT2D eigenvalue weighted by Crippen LogP contribution is 2.16. The predicted octanol–water partition coefficient (Wildman–Crippen LogP) is -0.481. The lowest BCUT2D eigenvalue weighted by Crippen LogP contribution is -2.57. The van der Waals surface area contributed by atoms with E-state index >= 15 is 0 Å². The molecule has 0 radical (unpaired) electrons. The van der Waals surface area contributed by atoms with Crippen LogP contribution in [0.4, 0.5) is 5.69 Å². The molecular weight excluding hydrogens is 342 g/mol. The lowest BCUT2D eigenvalue weighted by Gasteiger charge is -2.39. The Balaban J connectivity index is 1.60. The van der Waals surface area contributed by atoms with Crippen molar-refractivity contribution in [1.82, 2.24) is 18.4 Å². The molecule has 0 unspecified atom stereocenters. The van der Waals surface area contributed by atoms with Crippen molar-refractivity contribution in [1.29, 1.82) is 0 Å². The third kappa shape index (κ3) is 3.95. The predicted molar refractivity (Wildman–Crippen MR) is 96.3 cm³/mol. The van der Waals surface area contributed by atoms with Crippen LogP contribution in [0.2, 0.25) is 0 Å². The highest BCUT2D eigenvalue weighted by molar-refractivity contribution is 7.86. The third-order valence-corrected chi connectivity index (χ3v) is 6.81. The number of likely N-dealkylation sites (N-methyl/N-ethyl adjacent to an activating group) is 1. The number of amides is 1. The number of nitrogens with two attached hydrogens (primary N) is 1. The number of carbonyl (C=O) groups excluding carboxylic acids is 1. The molecule has 1 aromatic rings. The molecule has 0 bridgehead atoms. The maximum absolute atomic E-state index is 12.8. The van der Waals surface area contributed by atoms with Gasteiger partial charge in [0.15, 0.2) is 0 Å². The lowest BCUT2D eigenvalue weighted by atomic mass is 10.1. The summed E-state index contributed by atoms with van der Waals surface area (Å²) in [7, 11) is -1.46. The minimum atomic E-state index is -3.45. The molecule has 2 N–H and O–H groups in total. The standard InChI is InChI=1S/C16H25N5O3S/c1-18-5-9-20(10-6-18)25(23,24)21-11-7-19(8-12-21)16(22)14-3-2-4-15(17)13-14/h2-4,13H,5-12,17H2,1H3. The molecule has 0 aromatic heterocycles. The first-order valence-electron chi connectivity index (χ1n) is 8.46. The Labute approximate surface area is 149 Å². The van der Waals surface area contributed by atoms with Crippen LogP contribution < -0.4 is 5.73 Å². The second-order valence-corrected chi connectivity index (χ2v) is 8.46. The molecule has 8 nitrogen and oxygen atoms in total. The minimum Gasteiger partial charge on any atom is -0.399 e. The van der Waals surface area contributed by atoms with Gasteiger partial charge in [-0.05, 0) is 25.2 Å². The van der Waals surface area contributed by atoms with E-state index in [0.29, 0.717) is 50.5 Å². The van der Waals surface area contributed by atoms with E-state index in [2.05, 4.69) is 4.90 Å². The van der Waals surface area contributed by atoms with E-state index in [0.717, 1.165) is 13.1 Å². The molecule has 0 atom stereocenters. The van der Waals surface area contributed by atoms with E-state index in [1.165, 1.54) is 4.31 Å². The normalized spacial score (nSPS) is 21.4. The van der Waals surface area contributed by atoms with Gasteiger partial charge in [-0.15, -0.1) is 0 Å². The summed E-state index contributed by atoms with van der Waals surface area (Å²) in [6.07, 6.45) is 0. The Morgan fingerprint density at radius 2 is 1.52 bits per heavy atom. The Kier molecular flexibility index (Phi) is 5.28. The fraction of sp³-hybridized carbons (Fsp3) is 0.562. The van der Waals surface area contributed by atoms with E-state index in [1.807, 2.05) is 7.05 Å². The van der Waals surface area contributed by atoms with Gasteiger partial charge in [-0.2, -0.15) is 17.0 Å². The topological polar surface area (TPSA) is 90.2 Å². The van der Waals surface area contributed by atoms with Gasteiger partial charge < -0.3 is 15.5 Å². The molecule has 1 aromatic carbocycles. The average Bonchev–Trinajstić information content (AvgIpc) is 2.61. The molecule has 0 spiro atoms. The molecule has 1 amide bonds. The molecule has 25 heavy (non-hydrogen) atoms. The van der Waals surface area contributed by atoms with Crippen LogP contribution in [0, 0.1) is 0 Å². The molecule has 2 heterocycles. The minimum absolute atomic E-state index is 0.107. The fourth-order valence-electron chi connectivity index (χ4n) is 3.16. The molecule has 2 fully saturated rings. The Hall–Kier alpha value is -1.68. The summed E-state index contributed by atoms with van der Waals surface area (Å²) in [6.45, 7) is 3.94. The summed E-state index contributed by atoms with van der Waals surface area (Å²) in [5.41, 5.74) is 6.81. The van der Waals surface area contributed by atoms with Crippen molar-refractivity contribution in [2.24, 2.45) is 0 Å². The maximum Gasteiger partial charge on any atom is 0.282 e. The van der Waals surface area contributed by atoms with Gasteiger partial charge in [0.05, 0.1) is 0 Å². The highest BCUT2D eigenvalue weighted by atomic mass is 32.2. The SMILES string of the molecule is CN1CCN(S(=O)(=O)N2CCN(C(=O)c3cccc(N)c3)CC2)CC1. The van der Waals surface area contributed by atoms with E-state index in [9.17, 15) is 13.2 Å². The van der Waals surface area contributed by atoms with Crippen molar-refractivity contribution in [3.8, 4) is 0 Å². The van der Waals surface area contributed by atoms with E-state index in [-0.39, 0.29) is 5.91 Å². The second kappa shape index (κ2) is 7.28. The third-order valence-electron chi connectivity index (χ3n) is 4.77. The van der Waals surface area contributed by atoms with Crippen molar-refractivity contribution in [3.05, 3.63) is 29.8 Å². The zero-order chi connectivity index (χ0) is 18.0. The molecule has 138 valence electrons. The molecule has 2 aliphatic heterocycles. The quantitative estimate of drug-likeness (QED) is 0.729. The summed E-state index contributed by atoms with van der Waals surface area (Å²) in [5, 5.41) is 0. The van der Waals surface area contributed by atoms with Crippen LogP contribution in [-0.4, -0.2) is 92.1 Å². The van der Waals surface area contributed by atoms with Gasteiger partial charge >= 0.3 is 0 Å². The number of anilines is 1. The fourth-order valence-corrected chi connectivity index (χ4v) is 4.73. The second-order valence-electron chi connectivity index (χ2n) is 6.53. The number of rotatable bonds is 3. The van der Waals surface area contributed by atoms with Crippen LogP contribution in [0.15, 0.2) is 24.3 Å². The molecular formula is C16H25N5O3S. The summed E-state index contributed by atoms with van der Waals surface area (Å²) < 4.78 is 28.5. The molecule has 0 saturated carbocycles. The van der Waals surface area contributed by atoms with Gasteiger partial charge in [-0.3, -0.25) is 4.79 Å². The first kappa shape index (κ1) is 18.1. The van der Waals surface area contributed by atoms with Crippen molar-refractivity contribution in [2.45, 2.75) is 0 Å². The van der Waals surface area contributed by atoms with Crippen LogP contribution in [0.3, 0.4) is 0 Å². The first-order valence-corrected chi connectivity index (χ1v) is 9.86. The smallest absolute Gasteiger partial charge is 0.282 e.